The lowest BCUT2D eigenvalue weighted by molar-refractivity contribution is 0.0980. The molecule has 1 N–H and O–H groups in total. The maximum absolute atomic E-state index is 13.2. The summed E-state index contributed by atoms with van der Waals surface area (Å²) in [6, 6.07) is 17.6. The highest BCUT2D eigenvalue weighted by Gasteiger charge is 2.24. The Morgan fingerprint density at radius 1 is 1.14 bits per heavy atom. The van der Waals surface area contributed by atoms with E-state index in [-0.39, 0.29) is 5.91 Å². The monoisotopic (exact) mass is 388 g/mol. The third kappa shape index (κ3) is 4.06. The topological polar surface area (TPSA) is 67.3 Å². The van der Waals surface area contributed by atoms with Crippen molar-refractivity contribution in [1.29, 1.82) is 0 Å². The van der Waals surface area contributed by atoms with E-state index in [9.17, 15) is 4.79 Å². The molecule has 1 aliphatic rings. The van der Waals surface area contributed by atoms with Crippen molar-refractivity contribution in [3.05, 3.63) is 77.1 Å². The molecular weight excluding hydrogens is 364 g/mol. The third-order valence-electron chi connectivity index (χ3n) is 5.06. The molecule has 1 amide bonds. The summed E-state index contributed by atoms with van der Waals surface area (Å²) in [7, 11) is 1.65. The number of hydrogen-bond donors (Lipinski definition) is 1. The van der Waals surface area contributed by atoms with Crippen molar-refractivity contribution in [3.63, 3.8) is 0 Å². The van der Waals surface area contributed by atoms with Gasteiger partial charge in [-0.3, -0.25) is 4.79 Å². The van der Waals surface area contributed by atoms with Crippen molar-refractivity contribution in [2.75, 3.05) is 23.9 Å². The van der Waals surface area contributed by atoms with Crippen LogP contribution in [0.3, 0.4) is 0 Å². The van der Waals surface area contributed by atoms with Gasteiger partial charge in [-0.25, -0.2) is 9.97 Å². The van der Waals surface area contributed by atoms with Crippen molar-refractivity contribution >= 4 is 17.5 Å². The Hall–Kier alpha value is -3.41. The normalized spacial score (nSPS) is 13.0. The van der Waals surface area contributed by atoms with Gasteiger partial charge in [0.25, 0.3) is 5.91 Å². The second-order valence-electron chi connectivity index (χ2n) is 7.07. The largest absolute Gasteiger partial charge is 0.496 e. The highest BCUT2D eigenvalue weighted by molar-refractivity contribution is 6.05. The van der Waals surface area contributed by atoms with Crippen LogP contribution in [0, 0.1) is 6.92 Å². The fourth-order valence-corrected chi connectivity index (χ4v) is 3.66. The molecule has 2 heterocycles. The molecule has 0 radical (unpaired) electrons. The zero-order valence-corrected chi connectivity index (χ0v) is 16.7. The number of rotatable bonds is 5. The van der Waals surface area contributed by atoms with Crippen LogP contribution in [0.4, 0.5) is 11.6 Å². The lowest BCUT2D eigenvalue weighted by atomic mass is 10.0. The molecule has 6 nitrogen and oxygen atoms in total. The van der Waals surface area contributed by atoms with Gasteiger partial charge in [0.15, 0.2) is 0 Å². The number of carbonyl (C=O) groups excluding carboxylic acids is 1. The number of aryl methyl sites for hydroxylation is 2. The van der Waals surface area contributed by atoms with Gasteiger partial charge in [0.2, 0.25) is 5.95 Å². The van der Waals surface area contributed by atoms with E-state index in [2.05, 4.69) is 21.4 Å². The van der Waals surface area contributed by atoms with Crippen molar-refractivity contribution in [1.82, 2.24) is 9.97 Å². The maximum Gasteiger partial charge on any atom is 0.277 e. The van der Waals surface area contributed by atoms with Crippen molar-refractivity contribution < 1.29 is 9.53 Å². The summed E-state index contributed by atoms with van der Waals surface area (Å²) in [6.07, 6.45) is 1.94. The Morgan fingerprint density at radius 3 is 2.79 bits per heavy atom. The minimum absolute atomic E-state index is 0.0945. The molecule has 0 unspecified atom stereocenters. The van der Waals surface area contributed by atoms with E-state index in [1.54, 1.807) is 13.2 Å². The summed E-state index contributed by atoms with van der Waals surface area (Å²) < 4.78 is 5.39. The van der Waals surface area contributed by atoms with E-state index < -0.39 is 0 Å². The van der Waals surface area contributed by atoms with E-state index in [1.165, 1.54) is 5.56 Å². The average molecular weight is 388 g/mol. The average Bonchev–Trinajstić information content (AvgIpc) is 2.76. The molecule has 0 saturated heterocycles. The van der Waals surface area contributed by atoms with Gasteiger partial charge in [0.1, 0.15) is 11.4 Å². The number of ether oxygens (including phenoxy) is 1. The number of amides is 1. The Bertz CT molecular complexity index is 1030. The van der Waals surface area contributed by atoms with E-state index in [4.69, 9.17) is 4.74 Å². The van der Waals surface area contributed by atoms with Gasteiger partial charge >= 0.3 is 0 Å². The first-order valence-electron chi connectivity index (χ1n) is 9.77. The number of methoxy groups -OCH3 is 1. The van der Waals surface area contributed by atoms with E-state index >= 15 is 0 Å². The van der Waals surface area contributed by atoms with Crippen molar-refractivity contribution in [3.8, 4) is 5.75 Å². The fourth-order valence-electron chi connectivity index (χ4n) is 3.66. The van der Waals surface area contributed by atoms with Crippen LogP contribution >= 0.6 is 0 Å². The van der Waals surface area contributed by atoms with Crippen molar-refractivity contribution in [2.45, 2.75) is 26.3 Å². The molecule has 0 saturated carbocycles. The summed E-state index contributed by atoms with van der Waals surface area (Å²) in [4.78, 5) is 24.0. The second-order valence-corrected chi connectivity index (χ2v) is 7.07. The number of carbonyl (C=O) groups is 1. The lowest BCUT2D eigenvalue weighted by Crippen LogP contribution is -2.36. The molecule has 0 spiro atoms. The number of nitrogens with one attached hydrogen (secondary N) is 1. The molecule has 3 aromatic rings. The number of para-hydroxylation sites is 2. The van der Waals surface area contributed by atoms with Crippen molar-refractivity contribution in [2.24, 2.45) is 0 Å². The number of benzene rings is 2. The van der Waals surface area contributed by atoms with E-state index in [1.807, 2.05) is 54.3 Å². The van der Waals surface area contributed by atoms with Gasteiger partial charge < -0.3 is 15.0 Å². The molecule has 2 aromatic carbocycles. The summed E-state index contributed by atoms with van der Waals surface area (Å²) in [5.41, 5.74) is 4.32. The Labute approximate surface area is 170 Å². The Kier molecular flexibility index (Phi) is 5.42. The van der Waals surface area contributed by atoms with Gasteiger partial charge in [0, 0.05) is 30.0 Å². The minimum atomic E-state index is -0.0945. The summed E-state index contributed by atoms with van der Waals surface area (Å²) >= 11 is 0. The van der Waals surface area contributed by atoms with Crippen LogP contribution in [-0.2, 0) is 13.0 Å². The van der Waals surface area contributed by atoms with Crippen LogP contribution in [0.25, 0.3) is 0 Å². The molecular formula is C23H24N4O2. The van der Waals surface area contributed by atoms with Gasteiger partial charge in [-0.15, -0.1) is 0 Å². The Morgan fingerprint density at radius 2 is 1.93 bits per heavy atom. The molecule has 29 heavy (non-hydrogen) atoms. The number of fused-ring (bicyclic) bond motifs is 1. The number of aromatic nitrogens is 2. The first kappa shape index (κ1) is 18.9. The van der Waals surface area contributed by atoms with Crippen LogP contribution in [-0.4, -0.2) is 29.5 Å². The third-order valence-corrected chi connectivity index (χ3v) is 5.06. The lowest BCUT2D eigenvalue weighted by Gasteiger charge is -2.29. The summed E-state index contributed by atoms with van der Waals surface area (Å²) in [5.74, 6) is 1.14. The second kappa shape index (κ2) is 8.31. The standard InChI is InChI=1S/C23H24N4O2/c1-16-14-19(22(28)27-13-7-10-17-8-3-5-11-20(17)27)26-23(25-16)24-15-18-9-4-6-12-21(18)29-2/h3-6,8-9,11-12,14H,7,10,13,15H2,1-2H3,(H,24,25,26). The maximum atomic E-state index is 13.2. The zero-order chi connectivity index (χ0) is 20.2. The van der Waals surface area contributed by atoms with Crippen LogP contribution in [0.15, 0.2) is 54.6 Å². The minimum Gasteiger partial charge on any atom is -0.496 e. The molecule has 0 aliphatic carbocycles. The molecule has 1 aromatic heterocycles. The summed E-state index contributed by atoms with van der Waals surface area (Å²) in [6.45, 7) is 3.08. The molecule has 0 bridgehead atoms. The number of anilines is 2. The van der Waals surface area contributed by atoms with Gasteiger partial charge in [-0.05, 0) is 43.5 Å². The highest BCUT2D eigenvalue weighted by Crippen LogP contribution is 2.28. The first-order chi connectivity index (χ1) is 14.2. The van der Waals surface area contributed by atoms with Crippen LogP contribution in [0.2, 0.25) is 0 Å². The quantitative estimate of drug-likeness (QED) is 0.716. The molecule has 6 heteroatoms. The van der Waals surface area contributed by atoms with Crippen LogP contribution in [0.1, 0.15) is 33.7 Å². The number of nitrogens with zero attached hydrogens (tertiary/aromatic N) is 3. The van der Waals surface area contributed by atoms with Gasteiger partial charge in [0.05, 0.1) is 7.11 Å². The molecule has 1 aliphatic heterocycles. The molecule has 4 rings (SSSR count). The first-order valence-corrected chi connectivity index (χ1v) is 9.77. The van der Waals surface area contributed by atoms with Crippen LogP contribution < -0.4 is 15.0 Å². The van der Waals surface area contributed by atoms with Crippen LogP contribution in [0.5, 0.6) is 5.75 Å². The number of hydrogen-bond acceptors (Lipinski definition) is 5. The fraction of sp³-hybridized carbons (Fsp3) is 0.261. The predicted octanol–water partition coefficient (Wildman–Crippen LogP) is 4.00. The SMILES string of the molecule is COc1ccccc1CNc1nc(C)cc(C(=O)N2CCCc3ccccc32)n1. The predicted molar refractivity (Wildman–Crippen MR) is 114 cm³/mol. The highest BCUT2D eigenvalue weighted by atomic mass is 16.5. The molecule has 148 valence electrons. The zero-order valence-electron chi connectivity index (χ0n) is 16.7. The molecule has 0 fully saturated rings. The summed E-state index contributed by atoms with van der Waals surface area (Å²) in [5, 5.41) is 3.22. The van der Waals surface area contributed by atoms with Gasteiger partial charge in [-0.1, -0.05) is 36.4 Å². The van der Waals surface area contributed by atoms with Gasteiger partial charge in [-0.2, -0.15) is 0 Å². The molecule has 0 atom stereocenters. The smallest absolute Gasteiger partial charge is 0.277 e. The Balaban J connectivity index is 1.57. The van der Waals surface area contributed by atoms with E-state index in [0.717, 1.165) is 35.5 Å². The van der Waals surface area contributed by atoms with E-state index in [0.29, 0.717) is 24.7 Å².